The van der Waals surface area contributed by atoms with Gasteiger partial charge in [0.2, 0.25) is 0 Å². The first-order chi connectivity index (χ1) is 9.72. The van der Waals surface area contributed by atoms with Gasteiger partial charge in [-0.2, -0.15) is 0 Å². The van der Waals surface area contributed by atoms with Crippen LogP contribution in [0.1, 0.15) is 26.3 Å². The van der Waals surface area contributed by atoms with E-state index in [-0.39, 0.29) is 5.57 Å². The number of hydrogen-bond donors (Lipinski definition) is 3. The highest BCUT2D eigenvalue weighted by Gasteiger charge is 2.35. The molecule has 21 heavy (non-hydrogen) atoms. The molecule has 1 aromatic rings. The fourth-order valence-electron chi connectivity index (χ4n) is 1.48. The molecule has 114 valence electrons. The van der Waals surface area contributed by atoms with Gasteiger partial charge in [0.15, 0.2) is 0 Å². The molecule has 1 atom stereocenters. The van der Waals surface area contributed by atoms with Crippen LogP contribution in [-0.4, -0.2) is 33.4 Å². The monoisotopic (exact) mass is 292 g/mol. The van der Waals surface area contributed by atoms with Crippen LogP contribution in [0.3, 0.4) is 0 Å². The summed E-state index contributed by atoms with van der Waals surface area (Å²) in [5, 5.41) is 28.0. The Hall–Kier alpha value is -1.95. The Bertz CT molecular complexity index is 537. The second-order valence-corrected chi connectivity index (χ2v) is 4.96. The van der Waals surface area contributed by atoms with Gasteiger partial charge in [0.25, 0.3) is 0 Å². The standard InChI is InChI=1S/C16H20O5/c1-11(2)9-14(10-13-7-5-4-6-8-13)15(18)21-16(19,20)12(3)17/h4-10,12,17,19-20H,1-3H3/b14-10+. The first kappa shape index (κ1) is 17.1. The van der Waals surface area contributed by atoms with Gasteiger partial charge in [-0.25, -0.2) is 4.79 Å². The summed E-state index contributed by atoms with van der Waals surface area (Å²) in [6, 6.07) is 9.07. The topological polar surface area (TPSA) is 87.0 Å². The van der Waals surface area contributed by atoms with Crippen LogP contribution >= 0.6 is 0 Å². The van der Waals surface area contributed by atoms with Crippen LogP contribution in [0, 0.1) is 0 Å². The largest absolute Gasteiger partial charge is 0.402 e. The SMILES string of the molecule is CC(C)=C/C(=C\c1ccccc1)C(=O)OC(O)(O)C(C)O. The molecule has 0 radical (unpaired) electrons. The molecule has 0 heterocycles. The third-order valence-electron chi connectivity index (χ3n) is 2.59. The smallest absolute Gasteiger partial charge is 0.351 e. The number of rotatable bonds is 5. The van der Waals surface area contributed by atoms with E-state index in [0.29, 0.717) is 0 Å². The van der Waals surface area contributed by atoms with Crippen molar-refractivity contribution in [3.05, 3.63) is 53.1 Å². The van der Waals surface area contributed by atoms with Crippen molar-refractivity contribution in [1.82, 2.24) is 0 Å². The Kier molecular flexibility index (Phi) is 5.84. The summed E-state index contributed by atoms with van der Waals surface area (Å²) in [7, 11) is 0. The average Bonchev–Trinajstić information content (AvgIpc) is 2.38. The fraction of sp³-hybridized carbons (Fsp3) is 0.312. The number of ether oxygens (including phenoxy) is 1. The third-order valence-corrected chi connectivity index (χ3v) is 2.59. The zero-order chi connectivity index (χ0) is 16.0. The molecular weight excluding hydrogens is 272 g/mol. The first-order valence-electron chi connectivity index (χ1n) is 6.50. The second-order valence-electron chi connectivity index (χ2n) is 4.96. The van der Waals surface area contributed by atoms with Gasteiger partial charge in [-0.05, 0) is 38.5 Å². The average molecular weight is 292 g/mol. The molecule has 0 fully saturated rings. The van der Waals surface area contributed by atoms with Crippen molar-refractivity contribution in [3.63, 3.8) is 0 Å². The van der Waals surface area contributed by atoms with Crippen molar-refractivity contribution >= 4 is 12.0 Å². The lowest BCUT2D eigenvalue weighted by atomic mass is 10.1. The van der Waals surface area contributed by atoms with Crippen molar-refractivity contribution in [2.24, 2.45) is 0 Å². The van der Waals surface area contributed by atoms with Gasteiger partial charge in [-0.15, -0.1) is 0 Å². The van der Waals surface area contributed by atoms with Crippen LogP contribution in [0.2, 0.25) is 0 Å². The Morgan fingerprint density at radius 1 is 1.24 bits per heavy atom. The van der Waals surface area contributed by atoms with Gasteiger partial charge in [-0.1, -0.05) is 35.9 Å². The summed E-state index contributed by atoms with van der Waals surface area (Å²) in [4.78, 5) is 12.0. The van der Waals surface area contributed by atoms with Gasteiger partial charge in [0.1, 0.15) is 6.10 Å². The van der Waals surface area contributed by atoms with E-state index in [1.807, 2.05) is 18.2 Å². The molecule has 3 N–H and O–H groups in total. The van der Waals surface area contributed by atoms with E-state index >= 15 is 0 Å². The molecule has 0 aliphatic heterocycles. The number of esters is 1. The van der Waals surface area contributed by atoms with Crippen molar-refractivity contribution in [2.75, 3.05) is 0 Å². The number of allylic oxidation sites excluding steroid dienone is 1. The van der Waals surface area contributed by atoms with Gasteiger partial charge in [0, 0.05) is 0 Å². The Morgan fingerprint density at radius 2 is 1.81 bits per heavy atom. The van der Waals surface area contributed by atoms with E-state index < -0.39 is 18.0 Å². The highest BCUT2D eigenvalue weighted by Crippen LogP contribution is 2.16. The minimum Gasteiger partial charge on any atom is -0.402 e. The molecule has 5 heteroatoms. The summed E-state index contributed by atoms with van der Waals surface area (Å²) in [6.45, 7) is 4.70. The summed E-state index contributed by atoms with van der Waals surface area (Å²) in [5.74, 6) is -3.87. The van der Waals surface area contributed by atoms with Crippen LogP contribution in [0.4, 0.5) is 0 Å². The Balaban J connectivity index is 3.07. The van der Waals surface area contributed by atoms with Crippen molar-refractivity contribution in [2.45, 2.75) is 32.8 Å². The molecule has 0 aliphatic carbocycles. The molecule has 1 aromatic carbocycles. The summed E-state index contributed by atoms with van der Waals surface area (Å²) in [6.07, 6.45) is 1.49. The highest BCUT2D eigenvalue weighted by atomic mass is 16.8. The number of hydrogen-bond acceptors (Lipinski definition) is 5. The molecule has 0 bridgehead atoms. The van der Waals surface area contributed by atoms with E-state index in [1.165, 1.54) is 0 Å². The maximum Gasteiger partial charge on any atom is 0.351 e. The number of aliphatic hydroxyl groups is 3. The Morgan fingerprint density at radius 3 is 2.29 bits per heavy atom. The normalized spacial score (nSPS) is 13.5. The molecule has 1 rings (SSSR count). The molecule has 0 aromatic heterocycles. The lowest BCUT2D eigenvalue weighted by molar-refractivity contribution is -0.353. The first-order valence-corrected chi connectivity index (χ1v) is 6.50. The minimum absolute atomic E-state index is 0.148. The molecular formula is C16H20O5. The van der Waals surface area contributed by atoms with Crippen LogP contribution in [0.15, 0.2) is 47.6 Å². The lowest BCUT2D eigenvalue weighted by Gasteiger charge is -2.24. The summed E-state index contributed by atoms with van der Waals surface area (Å²) < 4.78 is 4.54. The van der Waals surface area contributed by atoms with Crippen molar-refractivity contribution in [3.8, 4) is 0 Å². The molecule has 0 amide bonds. The highest BCUT2D eigenvalue weighted by molar-refractivity contribution is 5.97. The molecule has 0 saturated heterocycles. The van der Waals surface area contributed by atoms with Crippen LogP contribution in [0.25, 0.3) is 6.08 Å². The quantitative estimate of drug-likeness (QED) is 0.332. The van der Waals surface area contributed by atoms with Crippen LogP contribution in [-0.2, 0) is 9.53 Å². The molecule has 0 spiro atoms. The number of carbonyl (C=O) groups is 1. The number of benzene rings is 1. The van der Waals surface area contributed by atoms with Gasteiger partial charge < -0.3 is 20.1 Å². The van der Waals surface area contributed by atoms with Gasteiger partial charge in [0.05, 0.1) is 5.57 Å². The predicted octanol–water partition coefficient (Wildman–Crippen LogP) is 1.60. The maximum absolute atomic E-state index is 12.0. The van der Waals surface area contributed by atoms with Crippen LogP contribution < -0.4 is 0 Å². The molecule has 0 saturated carbocycles. The third kappa shape index (κ3) is 5.51. The zero-order valence-electron chi connectivity index (χ0n) is 12.3. The van der Waals surface area contributed by atoms with Crippen LogP contribution in [0.5, 0.6) is 0 Å². The molecule has 5 nitrogen and oxygen atoms in total. The van der Waals surface area contributed by atoms with Crippen molar-refractivity contribution in [1.29, 1.82) is 0 Å². The fourth-order valence-corrected chi connectivity index (χ4v) is 1.48. The van der Waals surface area contributed by atoms with Crippen molar-refractivity contribution < 1.29 is 24.9 Å². The van der Waals surface area contributed by atoms with Gasteiger partial charge >= 0.3 is 11.9 Å². The number of carbonyl (C=O) groups excluding carboxylic acids is 1. The van der Waals surface area contributed by atoms with E-state index in [1.54, 1.807) is 38.1 Å². The maximum atomic E-state index is 12.0. The second kappa shape index (κ2) is 7.17. The van der Waals surface area contributed by atoms with E-state index in [0.717, 1.165) is 18.1 Å². The van der Waals surface area contributed by atoms with Gasteiger partial charge in [-0.3, -0.25) is 0 Å². The Labute approximate surface area is 123 Å². The van der Waals surface area contributed by atoms with E-state index in [2.05, 4.69) is 4.74 Å². The molecule has 0 aliphatic rings. The summed E-state index contributed by atoms with van der Waals surface area (Å²) >= 11 is 0. The summed E-state index contributed by atoms with van der Waals surface area (Å²) in [5.41, 5.74) is 1.75. The minimum atomic E-state index is -2.93. The van der Waals surface area contributed by atoms with E-state index in [4.69, 9.17) is 0 Å². The van der Waals surface area contributed by atoms with E-state index in [9.17, 15) is 20.1 Å². The zero-order valence-corrected chi connectivity index (χ0v) is 12.3. The lowest BCUT2D eigenvalue weighted by Crippen LogP contribution is -2.44. The predicted molar refractivity (Wildman–Crippen MR) is 78.8 cm³/mol. The molecule has 1 unspecified atom stereocenters. The number of aliphatic hydroxyl groups excluding tert-OH is 1.